The molecule has 0 atom stereocenters. The summed E-state index contributed by atoms with van der Waals surface area (Å²) in [6, 6.07) is 0. The van der Waals surface area contributed by atoms with E-state index in [9.17, 15) is 16.6 Å². The van der Waals surface area contributed by atoms with E-state index in [2.05, 4.69) is 7.58 Å². The second kappa shape index (κ2) is 1.65. The average molecular weight is 153 g/mol. The molecule has 0 bridgehead atoms. The van der Waals surface area contributed by atoms with Crippen LogP contribution in [0.2, 0.25) is 0 Å². The summed E-state index contributed by atoms with van der Waals surface area (Å²) in [7, 11) is 0. The highest BCUT2D eigenvalue weighted by Crippen LogP contribution is 2.17. The first kappa shape index (κ1) is 6.45. The van der Waals surface area contributed by atoms with Crippen LogP contribution >= 0.6 is 0 Å². The van der Waals surface area contributed by atoms with Crippen LogP contribution < -0.4 is 0 Å². The Labute approximate surface area is 51.7 Å². The summed E-state index contributed by atoms with van der Waals surface area (Å²) in [4.78, 5) is 19.7. The van der Waals surface area contributed by atoms with Crippen LogP contribution in [0.5, 0.6) is 0 Å². The smallest absolute Gasteiger partial charge is 0.679 e. The van der Waals surface area contributed by atoms with Crippen molar-refractivity contribution >= 4 is 26.6 Å². The predicted octanol–water partition coefficient (Wildman–Crippen LogP) is -0.539. The standard InChI is InChI=1S/C2H2O4.Al.2FH/c3-1(4)2(5)6;;;/h(H,3,4)(H,5,6);;2*1H/q;+3;;/p-4. The molecule has 0 spiro atoms. The van der Waals surface area contributed by atoms with Crippen molar-refractivity contribution in [2.24, 2.45) is 0 Å². The summed E-state index contributed by atoms with van der Waals surface area (Å²) >= 11 is -5.63. The average Bonchev–Trinajstić information content (AvgIpc) is 1.79. The monoisotopic (exact) mass is 153 g/mol. The van der Waals surface area contributed by atoms with Crippen molar-refractivity contribution < 1.29 is 24.2 Å². The van der Waals surface area contributed by atoms with Crippen LogP contribution in [0.25, 0.3) is 0 Å². The molecule has 1 fully saturated rings. The predicted molar refractivity (Wildman–Crippen MR) is 20.2 cm³/mol. The molecule has 0 aromatic heterocycles. The lowest BCUT2D eigenvalue weighted by Gasteiger charge is -2.05. The van der Waals surface area contributed by atoms with Crippen molar-refractivity contribution in [1.29, 1.82) is 0 Å². The van der Waals surface area contributed by atoms with E-state index in [1.165, 1.54) is 0 Å². The van der Waals surface area contributed by atoms with Gasteiger partial charge in [-0.15, -0.1) is 0 Å². The Hall–Kier alpha value is -0.668. The molecule has 7 heteroatoms. The number of carbonyl (C=O) groups is 2. The summed E-state index contributed by atoms with van der Waals surface area (Å²) in [6.45, 7) is 0. The lowest BCUT2D eigenvalue weighted by atomic mass is 10.7. The molecule has 0 N–H and O–H groups in total. The fourth-order valence-corrected chi connectivity index (χ4v) is 1.11. The lowest BCUT2D eigenvalue weighted by Crippen LogP contribution is -2.24. The molecular weight excluding hydrogens is 153 g/mol. The molecule has 0 aromatic carbocycles. The van der Waals surface area contributed by atoms with E-state index in [0.717, 1.165) is 0 Å². The van der Waals surface area contributed by atoms with Gasteiger partial charge in [0.1, 0.15) is 0 Å². The molecule has 0 aliphatic carbocycles. The van der Waals surface area contributed by atoms with Crippen LogP contribution in [-0.4, -0.2) is 26.6 Å². The topological polar surface area (TPSA) is 52.6 Å². The zero-order valence-electron chi connectivity index (χ0n) is 3.97. The van der Waals surface area contributed by atoms with Crippen LogP contribution in [0.15, 0.2) is 0 Å². The van der Waals surface area contributed by atoms with Gasteiger partial charge in [-0.25, -0.2) is 9.59 Å². The molecule has 50 valence electrons. The maximum absolute atomic E-state index is 11.7. The van der Waals surface area contributed by atoms with Crippen molar-refractivity contribution in [2.45, 2.75) is 0 Å². The summed E-state index contributed by atoms with van der Waals surface area (Å²) in [5, 5.41) is 0. The van der Waals surface area contributed by atoms with Crippen molar-refractivity contribution in [3.8, 4) is 0 Å². The Balaban J connectivity index is 2.76. The van der Waals surface area contributed by atoms with Crippen LogP contribution in [0.1, 0.15) is 0 Å². The third-order valence-corrected chi connectivity index (χ3v) is 1.63. The summed E-state index contributed by atoms with van der Waals surface area (Å²) in [6.07, 6.45) is 0. The van der Waals surface area contributed by atoms with Crippen LogP contribution in [0.3, 0.4) is 0 Å². The van der Waals surface area contributed by atoms with Crippen molar-refractivity contribution in [3.05, 3.63) is 0 Å². The van der Waals surface area contributed by atoms with E-state index < -0.39 is 26.6 Å². The fraction of sp³-hybridized carbons (Fsp3) is 0. The maximum atomic E-state index is 11.7. The molecule has 1 rings (SSSR count). The van der Waals surface area contributed by atoms with Crippen molar-refractivity contribution in [1.82, 2.24) is 0 Å². The van der Waals surface area contributed by atoms with E-state index in [0.29, 0.717) is 0 Å². The van der Waals surface area contributed by atoms with Gasteiger partial charge in [-0.1, -0.05) is 0 Å². The van der Waals surface area contributed by atoms with Gasteiger partial charge in [-0.3, -0.25) is 0 Å². The van der Waals surface area contributed by atoms with Gasteiger partial charge in [0.15, 0.2) is 0 Å². The van der Waals surface area contributed by atoms with Gasteiger partial charge in [0.25, 0.3) is 0 Å². The molecule has 0 radical (unpaired) electrons. The van der Waals surface area contributed by atoms with Gasteiger partial charge in [0, 0.05) is 0 Å². The van der Waals surface area contributed by atoms with E-state index in [-0.39, 0.29) is 0 Å². The molecule has 0 unspecified atom stereocenters. The number of hydrogen-bond acceptors (Lipinski definition) is 4. The zero-order valence-corrected chi connectivity index (χ0v) is 5.12. The SMILES string of the molecule is O=C1[O][Al-]([F])([F])[O]C1=O. The Morgan fingerprint density at radius 1 is 1.11 bits per heavy atom. The van der Waals surface area contributed by atoms with Gasteiger partial charge >= 0.3 is 26.6 Å². The van der Waals surface area contributed by atoms with Crippen molar-refractivity contribution in [2.75, 3.05) is 0 Å². The molecule has 1 saturated heterocycles. The molecule has 1 aliphatic heterocycles. The van der Waals surface area contributed by atoms with E-state index in [1.54, 1.807) is 0 Å². The van der Waals surface area contributed by atoms with Gasteiger partial charge in [-0.2, -0.15) is 0 Å². The molecule has 0 amide bonds. The summed E-state index contributed by atoms with van der Waals surface area (Å²) in [5.74, 6) is -3.19. The number of rotatable bonds is 0. The maximum Gasteiger partial charge on any atom is 1.13 e. The van der Waals surface area contributed by atoms with Crippen LogP contribution in [-0.2, 0) is 17.2 Å². The highest BCUT2D eigenvalue weighted by molar-refractivity contribution is 6.65. The number of halogens is 2. The third kappa shape index (κ3) is 1.17. The van der Waals surface area contributed by atoms with E-state index >= 15 is 0 Å². The summed E-state index contributed by atoms with van der Waals surface area (Å²) in [5.41, 5.74) is 0. The summed E-state index contributed by atoms with van der Waals surface area (Å²) < 4.78 is 30.0. The molecule has 0 saturated carbocycles. The number of carbonyl (C=O) groups excluding carboxylic acids is 2. The second-order valence-electron chi connectivity index (χ2n) is 1.35. The Bertz CT molecular complexity index is 159. The van der Waals surface area contributed by atoms with Gasteiger partial charge in [0.2, 0.25) is 0 Å². The van der Waals surface area contributed by atoms with Crippen LogP contribution in [0, 0.1) is 0 Å². The van der Waals surface area contributed by atoms with Gasteiger partial charge < -0.3 is 14.6 Å². The Kier molecular flexibility index (Phi) is 1.19. The largest absolute Gasteiger partial charge is 1.13 e. The first-order valence-corrected chi connectivity index (χ1v) is 3.79. The highest BCUT2D eigenvalue weighted by atomic mass is 27.4. The zero-order chi connectivity index (χ0) is 7.07. The minimum atomic E-state index is -5.63. The van der Waals surface area contributed by atoms with Gasteiger partial charge in [0.05, 0.1) is 0 Å². The van der Waals surface area contributed by atoms with Crippen molar-refractivity contribution in [3.63, 3.8) is 0 Å². The fourth-order valence-electron chi connectivity index (χ4n) is 0.370. The quantitative estimate of drug-likeness (QED) is 0.346. The Morgan fingerprint density at radius 3 is 1.56 bits per heavy atom. The molecular formula is C2AlF2O4-. The molecule has 1 aliphatic rings. The van der Waals surface area contributed by atoms with E-state index in [4.69, 9.17) is 0 Å². The van der Waals surface area contributed by atoms with Gasteiger partial charge in [-0.05, 0) is 0 Å². The number of hydrogen-bond donors (Lipinski definition) is 0. The normalized spacial score (nSPS) is 23.3. The Morgan fingerprint density at radius 2 is 1.44 bits per heavy atom. The van der Waals surface area contributed by atoms with E-state index in [1.807, 2.05) is 0 Å². The first-order valence-electron chi connectivity index (χ1n) is 1.97. The second-order valence-corrected chi connectivity index (χ2v) is 2.89. The molecule has 9 heavy (non-hydrogen) atoms. The molecule has 4 nitrogen and oxygen atoms in total. The third-order valence-electron chi connectivity index (χ3n) is 0.655. The minimum absolute atomic E-state index is 1.59. The highest BCUT2D eigenvalue weighted by Gasteiger charge is 2.62. The molecule has 0 aromatic rings. The van der Waals surface area contributed by atoms with Crippen LogP contribution in [0.4, 0.5) is 7.05 Å². The minimum Gasteiger partial charge on any atom is -0.679 e. The molecule has 1 heterocycles. The first-order chi connectivity index (χ1) is 4.01. The lowest BCUT2D eigenvalue weighted by molar-refractivity contribution is -0.150.